The number of rotatable bonds is 12. The fraction of sp³-hybridized carbons (Fsp3) is 0.429. The van der Waals surface area contributed by atoms with E-state index in [4.69, 9.17) is 14.3 Å². The number of hydrogen-bond donors (Lipinski definition) is 1. The van der Waals surface area contributed by atoms with E-state index in [1.54, 1.807) is 0 Å². The molecule has 0 saturated carbocycles. The molecule has 5 rings (SSSR count). The van der Waals surface area contributed by atoms with Crippen LogP contribution in [0.2, 0.25) is 0 Å². The predicted octanol–water partition coefficient (Wildman–Crippen LogP) is 6.88. The molecule has 3 aromatic carbocycles. The van der Waals surface area contributed by atoms with Crippen molar-refractivity contribution in [3.05, 3.63) is 94.0 Å². The first-order chi connectivity index (χ1) is 20.7. The molecule has 43 heavy (non-hydrogen) atoms. The summed E-state index contributed by atoms with van der Waals surface area (Å²) in [6, 6.07) is 19.9. The molecule has 1 saturated heterocycles. The SMILES string of the molecule is CNC(CCC1(C)CCc2c(C)c(OCc3ccccc3)c(C)c(C)c2O1)CON1C(=O)SC(Cc2ccccc2)C1=O. The minimum atomic E-state index is -0.461. The highest BCUT2D eigenvalue weighted by Gasteiger charge is 2.41. The zero-order chi connectivity index (χ0) is 30.6. The van der Waals surface area contributed by atoms with Gasteiger partial charge in [-0.15, -0.1) is 5.06 Å². The van der Waals surface area contributed by atoms with Crippen molar-refractivity contribution in [2.75, 3.05) is 13.7 Å². The Balaban J connectivity index is 1.17. The van der Waals surface area contributed by atoms with Gasteiger partial charge in [0.25, 0.3) is 5.91 Å². The van der Waals surface area contributed by atoms with E-state index in [2.05, 4.69) is 45.1 Å². The Hall–Kier alpha value is -3.33. The second-order valence-corrected chi connectivity index (χ2v) is 13.0. The van der Waals surface area contributed by atoms with Crippen molar-refractivity contribution in [3.8, 4) is 11.5 Å². The summed E-state index contributed by atoms with van der Waals surface area (Å²) >= 11 is 1.03. The number of hydroxylamine groups is 2. The van der Waals surface area contributed by atoms with Crippen molar-refractivity contribution in [3.63, 3.8) is 0 Å². The molecule has 2 aliphatic rings. The van der Waals surface area contributed by atoms with Crippen LogP contribution in [-0.4, -0.2) is 46.8 Å². The molecule has 3 aromatic rings. The topological polar surface area (TPSA) is 77.1 Å². The lowest BCUT2D eigenvalue weighted by molar-refractivity contribution is -0.165. The van der Waals surface area contributed by atoms with Gasteiger partial charge in [0, 0.05) is 11.6 Å². The third-order valence-electron chi connectivity index (χ3n) is 8.77. The average Bonchev–Trinajstić information content (AvgIpc) is 3.28. The van der Waals surface area contributed by atoms with E-state index in [0.29, 0.717) is 13.0 Å². The number of nitrogens with one attached hydrogen (secondary N) is 1. The van der Waals surface area contributed by atoms with E-state index in [1.165, 1.54) is 5.56 Å². The molecular weight excluding hydrogens is 560 g/mol. The van der Waals surface area contributed by atoms with Gasteiger partial charge in [-0.2, -0.15) is 0 Å². The number of fused-ring (bicyclic) bond motifs is 1. The van der Waals surface area contributed by atoms with Gasteiger partial charge in [0.1, 0.15) is 23.7 Å². The minimum absolute atomic E-state index is 0.0427. The molecule has 228 valence electrons. The molecule has 2 heterocycles. The van der Waals surface area contributed by atoms with Gasteiger partial charge in [0.15, 0.2) is 0 Å². The number of ether oxygens (including phenoxy) is 2. The third kappa shape index (κ3) is 7.08. The van der Waals surface area contributed by atoms with E-state index in [0.717, 1.165) is 81.8 Å². The van der Waals surface area contributed by atoms with E-state index in [1.807, 2.05) is 55.6 Å². The number of hydrogen-bond acceptors (Lipinski definition) is 7. The standard InChI is InChI=1S/C35H42N2O5S/c1-23-24(2)32-29(25(3)31(23)40-21-27-14-10-7-11-15-27)17-19-35(4,42-32)18-16-28(36-5)22-41-37-33(38)30(43-34(37)39)20-26-12-8-6-9-13-26/h6-15,28,30,36H,16-22H2,1-5H3. The number of carbonyl (C=O) groups is 2. The molecule has 3 unspecified atom stereocenters. The molecule has 0 spiro atoms. The summed E-state index contributed by atoms with van der Waals surface area (Å²) in [5.74, 6) is 1.64. The van der Waals surface area contributed by atoms with Gasteiger partial charge in [-0.25, -0.2) is 0 Å². The molecule has 8 heteroatoms. The Kier molecular flexibility index (Phi) is 9.79. The molecule has 0 aliphatic carbocycles. The van der Waals surface area contributed by atoms with Crippen LogP contribution in [0.1, 0.15) is 59.6 Å². The zero-order valence-electron chi connectivity index (χ0n) is 25.8. The summed E-state index contributed by atoms with van der Waals surface area (Å²) in [4.78, 5) is 31.3. The van der Waals surface area contributed by atoms with Crippen molar-refractivity contribution < 1.29 is 23.9 Å². The van der Waals surface area contributed by atoms with Crippen molar-refractivity contribution in [1.29, 1.82) is 0 Å². The first kappa shape index (κ1) is 31.1. The van der Waals surface area contributed by atoms with Crippen LogP contribution in [0.4, 0.5) is 4.79 Å². The highest BCUT2D eigenvalue weighted by atomic mass is 32.2. The lowest BCUT2D eigenvalue weighted by Crippen LogP contribution is -2.42. The predicted molar refractivity (Wildman–Crippen MR) is 171 cm³/mol. The maximum atomic E-state index is 12.9. The number of benzene rings is 3. The normalized spacial score (nSPS) is 20.6. The van der Waals surface area contributed by atoms with Crippen molar-refractivity contribution in [2.24, 2.45) is 0 Å². The fourth-order valence-corrected chi connectivity index (χ4v) is 6.83. The first-order valence-electron chi connectivity index (χ1n) is 15.1. The maximum absolute atomic E-state index is 12.9. The summed E-state index contributed by atoms with van der Waals surface area (Å²) in [5.41, 5.74) is 6.45. The van der Waals surface area contributed by atoms with Crippen LogP contribution in [-0.2, 0) is 29.1 Å². The molecule has 0 aromatic heterocycles. The Morgan fingerprint density at radius 1 is 1.00 bits per heavy atom. The zero-order valence-corrected chi connectivity index (χ0v) is 26.6. The fourth-order valence-electron chi connectivity index (χ4n) is 5.87. The van der Waals surface area contributed by atoms with Gasteiger partial charge in [0.2, 0.25) is 0 Å². The number of amides is 2. The average molecular weight is 603 g/mol. The molecule has 7 nitrogen and oxygen atoms in total. The maximum Gasteiger partial charge on any atom is 0.313 e. The van der Waals surface area contributed by atoms with Crippen molar-refractivity contribution >= 4 is 22.9 Å². The Labute approximate surface area is 259 Å². The van der Waals surface area contributed by atoms with Gasteiger partial charge >= 0.3 is 5.24 Å². The van der Waals surface area contributed by atoms with Gasteiger partial charge in [0.05, 0.1) is 11.9 Å². The Bertz CT molecular complexity index is 1450. The Morgan fingerprint density at radius 2 is 1.67 bits per heavy atom. The summed E-state index contributed by atoms with van der Waals surface area (Å²) < 4.78 is 13.1. The molecule has 0 radical (unpaired) electrons. The first-order valence-corrected chi connectivity index (χ1v) is 15.9. The van der Waals surface area contributed by atoms with Crippen LogP contribution in [0, 0.1) is 20.8 Å². The molecule has 1 fully saturated rings. The third-order valence-corrected chi connectivity index (χ3v) is 9.79. The van der Waals surface area contributed by atoms with Crippen LogP contribution >= 0.6 is 11.8 Å². The number of imide groups is 1. The van der Waals surface area contributed by atoms with Crippen LogP contribution in [0.5, 0.6) is 11.5 Å². The smallest absolute Gasteiger partial charge is 0.313 e. The van der Waals surface area contributed by atoms with Gasteiger partial charge in [-0.1, -0.05) is 60.7 Å². The van der Waals surface area contributed by atoms with Gasteiger partial charge < -0.3 is 14.8 Å². The quantitative estimate of drug-likeness (QED) is 0.242. The Morgan fingerprint density at radius 3 is 2.35 bits per heavy atom. The summed E-state index contributed by atoms with van der Waals surface area (Å²) in [7, 11) is 1.88. The highest BCUT2D eigenvalue weighted by Crippen LogP contribution is 2.45. The summed E-state index contributed by atoms with van der Waals surface area (Å²) in [6.45, 7) is 9.29. The van der Waals surface area contributed by atoms with Crippen molar-refractivity contribution in [2.45, 2.75) is 83.3 Å². The molecule has 1 N–H and O–H groups in total. The van der Waals surface area contributed by atoms with Gasteiger partial charge in [-0.05, 0) is 106 Å². The molecule has 2 aliphatic heterocycles. The van der Waals surface area contributed by atoms with Crippen LogP contribution in [0.3, 0.4) is 0 Å². The molecule has 3 atom stereocenters. The van der Waals surface area contributed by atoms with Crippen LogP contribution in [0.25, 0.3) is 0 Å². The number of carbonyl (C=O) groups excluding carboxylic acids is 2. The largest absolute Gasteiger partial charge is 0.488 e. The number of likely N-dealkylation sites (N-methyl/N-ethyl adjacent to an activating group) is 1. The molecular formula is C35H42N2O5S. The van der Waals surface area contributed by atoms with Crippen molar-refractivity contribution in [1.82, 2.24) is 10.4 Å². The second kappa shape index (κ2) is 13.5. The van der Waals surface area contributed by atoms with Crippen LogP contribution < -0.4 is 14.8 Å². The van der Waals surface area contributed by atoms with E-state index >= 15 is 0 Å². The summed E-state index contributed by atoms with van der Waals surface area (Å²) in [6.07, 6.45) is 3.88. The van der Waals surface area contributed by atoms with E-state index in [-0.39, 0.29) is 29.4 Å². The number of nitrogens with zero attached hydrogens (tertiary/aromatic N) is 1. The highest BCUT2D eigenvalue weighted by molar-refractivity contribution is 8.15. The minimum Gasteiger partial charge on any atom is -0.488 e. The second-order valence-electron chi connectivity index (χ2n) is 11.9. The van der Waals surface area contributed by atoms with E-state index < -0.39 is 5.25 Å². The number of thioether (sulfide) groups is 1. The van der Waals surface area contributed by atoms with E-state index in [9.17, 15) is 9.59 Å². The van der Waals surface area contributed by atoms with Crippen LogP contribution in [0.15, 0.2) is 60.7 Å². The molecule has 2 amide bonds. The van der Waals surface area contributed by atoms with Gasteiger partial charge in [-0.3, -0.25) is 14.4 Å². The monoisotopic (exact) mass is 602 g/mol. The molecule has 0 bridgehead atoms. The summed E-state index contributed by atoms with van der Waals surface area (Å²) in [5, 5.41) is 3.43. The lowest BCUT2D eigenvalue weighted by atomic mass is 9.84. The lowest BCUT2D eigenvalue weighted by Gasteiger charge is -2.39.